The SMILES string of the molecule is Cc1cccc(-n2cc(O)c(C(=O)N3CCOC(C(N)=O)C3)n2)c1C. The molecule has 1 aromatic heterocycles. The second kappa shape index (κ2) is 6.56. The molecule has 0 saturated carbocycles. The molecular formula is C17H20N4O4. The van der Waals surface area contributed by atoms with Gasteiger partial charge in [-0.2, -0.15) is 5.10 Å². The molecule has 25 heavy (non-hydrogen) atoms. The molecule has 0 bridgehead atoms. The van der Waals surface area contributed by atoms with Crippen molar-refractivity contribution in [2.75, 3.05) is 19.7 Å². The van der Waals surface area contributed by atoms with Crippen molar-refractivity contribution in [2.24, 2.45) is 5.73 Å². The summed E-state index contributed by atoms with van der Waals surface area (Å²) in [7, 11) is 0. The van der Waals surface area contributed by atoms with Crippen LogP contribution in [0.2, 0.25) is 0 Å². The minimum Gasteiger partial charge on any atom is -0.504 e. The Morgan fingerprint density at radius 1 is 1.36 bits per heavy atom. The number of ether oxygens (including phenoxy) is 1. The molecule has 1 atom stereocenters. The second-order valence-electron chi connectivity index (χ2n) is 6.04. The number of rotatable bonds is 3. The van der Waals surface area contributed by atoms with Crippen molar-refractivity contribution in [2.45, 2.75) is 20.0 Å². The highest BCUT2D eigenvalue weighted by Gasteiger charge is 2.31. The largest absolute Gasteiger partial charge is 0.504 e. The van der Waals surface area contributed by atoms with Gasteiger partial charge >= 0.3 is 0 Å². The Bertz CT molecular complexity index is 830. The van der Waals surface area contributed by atoms with E-state index in [1.54, 1.807) is 0 Å². The van der Waals surface area contributed by atoms with Gasteiger partial charge in [-0.3, -0.25) is 9.59 Å². The Balaban J connectivity index is 1.88. The lowest BCUT2D eigenvalue weighted by atomic mass is 10.1. The Labute approximate surface area is 144 Å². The fraction of sp³-hybridized carbons (Fsp3) is 0.353. The lowest BCUT2D eigenvalue weighted by Gasteiger charge is -2.30. The maximum absolute atomic E-state index is 12.7. The van der Waals surface area contributed by atoms with Crippen LogP contribution in [-0.2, 0) is 9.53 Å². The zero-order valence-electron chi connectivity index (χ0n) is 14.1. The molecule has 3 rings (SSSR count). The first-order chi connectivity index (χ1) is 11.9. The molecule has 0 aliphatic carbocycles. The summed E-state index contributed by atoms with van der Waals surface area (Å²) in [6.07, 6.45) is 0.557. The molecule has 8 nitrogen and oxygen atoms in total. The van der Waals surface area contributed by atoms with Gasteiger partial charge in [0.05, 0.1) is 25.0 Å². The van der Waals surface area contributed by atoms with Gasteiger partial charge in [-0.25, -0.2) is 4.68 Å². The minimum absolute atomic E-state index is 0.0456. The topological polar surface area (TPSA) is 111 Å². The zero-order chi connectivity index (χ0) is 18.1. The average Bonchev–Trinajstić information content (AvgIpc) is 2.98. The van der Waals surface area contributed by atoms with Crippen LogP contribution in [0.1, 0.15) is 21.6 Å². The van der Waals surface area contributed by atoms with Crippen LogP contribution in [0.5, 0.6) is 5.75 Å². The van der Waals surface area contributed by atoms with E-state index < -0.39 is 17.9 Å². The second-order valence-corrected chi connectivity index (χ2v) is 6.04. The first-order valence-electron chi connectivity index (χ1n) is 7.94. The quantitative estimate of drug-likeness (QED) is 0.843. The predicted octanol–water partition coefficient (Wildman–Crippen LogP) is 0.521. The molecule has 1 fully saturated rings. The highest BCUT2D eigenvalue weighted by Crippen LogP contribution is 2.23. The van der Waals surface area contributed by atoms with Crippen LogP contribution in [-0.4, -0.2) is 57.4 Å². The van der Waals surface area contributed by atoms with Crippen LogP contribution >= 0.6 is 0 Å². The molecule has 2 amide bonds. The van der Waals surface area contributed by atoms with Crippen LogP contribution in [0.25, 0.3) is 5.69 Å². The van der Waals surface area contributed by atoms with Crippen molar-refractivity contribution < 1.29 is 19.4 Å². The van der Waals surface area contributed by atoms with Crippen molar-refractivity contribution in [3.63, 3.8) is 0 Å². The van der Waals surface area contributed by atoms with Crippen molar-refractivity contribution in [1.82, 2.24) is 14.7 Å². The lowest BCUT2D eigenvalue weighted by Crippen LogP contribution is -2.50. The van der Waals surface area contributed by atoms with Gasteiger partial charge in [0.1, 0.15) is 0 Å². The molecule has 3 N–H and O–H groups in total. The summed E-state index contributed by atoms with van der Waals surface area (Å²) in [4.78, 5) is 25.4. The summed E-state index contributed by atoms with van der Waals surface area (Å²) < 4.78 is 6.72. The number of aromatic hydroxyl groups is 1. The smallest absolute Gasteiger partial charge is 0.278 e. The molecule has 2 heterocycles. The van der Waals surface area contributed by atoms with Crippen LogP contribution in [0.4, 0.5) is 0 Å². The molecule has 1 aliphatic heterocycles. The van der Waals surface area contributed by atoms with Crippen molar-refractivity contribution >= 4 is 11.8 Å². The standard InChI is InChI=1S/C17H20N4O4/c1-10-4-3-5-12(11(10)2)21-8-13(22)15(19-21)17(24)20-6-7-25-14(9-20)16(18)23/h3-5,8,14,22H,6-7,9H2,1-2H3,(H2,18,23). The number of carbonyl (C=O) groups is 2. The third kappa shape index (κ3) is 3.20. The van der Waals surface area contributed by atoms with Crippen molar-refractivity contribution in [1.29, 1.82) is 0 Å². The number of hydrogen-bond acceptors (Lipinski definition) is 5. The molecular weight excluding hydrogens is 324 g/mol. The molecule has 1 unspecified atom stereocenters. The zero-order valence-corrected chi connectivity index (χ0v) is 14.1. The predicted molar refractivity (Wildman–Crippen MR) is 89.5 cm³/mol. The molecule has 8 heteroatoms. The third-order valence-corrected chi connectivity index (χ3v) is 4.39. The monoisotopic (exact) mass is 344 g/mol. The van der Waals surface area contributed by atoms with E-state index in [1.807, 2.05) is 32.0 Å². The molecule has 0 spiro atoms. The van der Waals surface area contributed by atoms with Crippen molar-refractivity contribution in [3.05, 3.63) is 41.2 Å². The summed E-state index contributed by atoms with van der Waals surface area (Å²) in [6.45, 7) is 4.48. The van der Waals surface area contributed by atoms with Crippen molar-refractivity contribution in [3.8, 4) is 11.4 Å². The van der Waals surface area contributed by atoms with Crippen LogP contribution in [0, 0.1) is 13.8 Å². The maximum atomic E-state index is 12.7. The number of amides is 2. The van der Waals surface area contributed by atoms with Gasteiger partial charge in [-0.1, -0.05) is 12.1 Å². The van der Waals surface area contributed by atoms with E-state index >= 15 is 0 Å². The first-order valence-corrected chi connectivity index (χ1v) is 7.94. The number of aryl methyl sites for hydroxylation is 1. The van der Waals surface area contributed by atoms with E-state index in [0.29, 0.717) is 6.54 Å². The summed E-state index contributed by atoms with van der Waals surface area (Å²) in [5, 5.41) is 14.4. The molecule has 0 radical (unpaired) electrons. The number of benzene rings is 1. The van der Waals surface area contributed by atoms with E-state index in [9.17, 15) is 14.7 Å². The van der Waals surface area contributed by atoms with Crippen LogP contribution in [0.3, 0.4) is 0 Å². The molecule has 2 aromatic rings. The highest BCUT2D eigenvalue weighted by atomic mass is 16.5. The summed E-state index contributed by atoms with van der Waals surface area (Å²) in [5.41, 5.74) is 8.04. The molecule has 1 aliphatic rings. The van der Waals surface area contributed by atoms with E-state index in [2.05, 4.69) is 5.10 Å². The van der Waals surface area contributed by atoms with Gasteiger partial charge < -0.3 is 20.5 Å². The minimum atomic E-state index is -0.846. The van der Waals surface area contributed by atoms with Gasteiger partial charge in [0.2, 0.25) is 5.91 Å². The van der Waals surface area contributed by atoms with Gasteiger partial charge in [-0.15, -0.1) is 0 Å². The number of aromatic nitrogens is 2. The van der Waals surface area contributed by atoms with Crippen LogP contribution in [0.15, 0.2) is 24.4 Å². The fourth-order valence-electron chi connectivity index (χ4n) is 2.78. The van der Waals surface area contributed by atoms with Gasteiger partial charge in [0.25, 0.3) is 5.91 Å². The maximum Gasteiger partial charge on any atom is 0.278 e. The van der Waals surface area contributed by atoms with E-state index in [0.717, 1.165) is 16.8 Å². The Kier molecular flexibility index (Phi) is 4.45. The molecule has 132 valence electrons. The number of primary amides is 1. The van der Waals surface area contributed by atoms with Gasteiger partial charge in [0, 0.05) is 6.54 Å². The van der Waals surface area contributed by atoms with E-state index in [-0.39, 0.29) is 24.6 Å². The summed E-state index contributed by atoms with van der Waals surface area (Å²) in [6, 6.07) is 5.73. The number of morpholine rings is 1. The first kappa shape index (κ1) is 17.0. The number of hydrogen-bond donors (Lipinski definition) is 2. The third-order valence-electron chi connectivity index (χ3n) is 4.39. The fourth-order valence-corrected chi connectivity index (χ4v) is 2.78. The van der Waals surface area contributed by atoms with Crippen LogP contribution < -0.4 is 5.73 Å². The lowest BCUT2D eigenvalue weighted by molar-refractivity contribution is -0.133. The molecule has 1 saturated heterocycles. The Hall–Kier alpha value is -2.87. The van der Waals surface area contributed by atoms with E-state index in [1.165, 1.54) is 15.8 Å². The average molecular weight is 344 g/mol. The normalized spacial score (nSPS) is 17.5. The van der Waals surface area contributed by atoms with Gasteiger partial charge in [0.15, 0.2) is 17.5 Å². The Morgan fingerprint density at radius 3 is 2.84 bits per heavy atom. The molecule has 1 aromatic carbocycles. The number of nitrogens with two attached hydrogens (primary N) is 1. The highest BCUT2D eigenvalue weighted by molar-refractivity contribution is 5.95. The van der Waals surface area contributed by atoms with Gasteiger partial charge in [-0.05, 0) is 31.0 Å². The number of carbonyl (C=O) groups excluding carboxylic acids is 2. The van der Waals surface area contributed by atoms with E-state index in [4.69, 9.17) is 10.5 Å². The summed E-state index contributed by atoms with van der Waals surface area (Å²) in [5.74, 6) is -1.30. The number of nitrogens with zero attached hydrogens (tertiary/aromatic N) is 3. The summed E-state index contributed by atoms with van der Waals surface area (Å²) >= 11 is 0. The Morgan fingerprint density at radius 2 is 2.12 bits per heavy atom.